The lowest BCUT2D eigenvalue weighted by Gasteiger charge is -2.31. The fraction of sp³-hybridized carbons (Fsp3) is 0.846. The molecule has 2 fully saturated rings. The number of hydrogen-bond donors (Lipinski definition) is 0. The van der Waals surface area contributed by atoms with Crippen molar-refractivity contribution in [2.45, 2.75) is 50.4 Å². The maximum Gasteiger partial charge on any atom is 0.172 e. The highest BCUT2D eigenvalue weighted by molar-refractivity contribution is 5.10. The maximum absolute atomic E-state index is 5.70. The van der Waals surface area contributed by atoms with Crippen molar-refractivity contribution in [3.63, 3.8) is 0 Å². The summed E-state index contributed by atoms with van der Waals surface area (Å²) in [6, 6.07) is 0. The van der Waals surface area contributed by atoms with Crippen molar-refractivity contribution in [1.82, 2.24) is 0 Å². The Kier molecular flexibility index (Phi) is 3.01. The molecule has 0 aromatic rings. The molecule has 0 amide bonds. The molecule has 1 atom stereocenters. The third-order valence-electron chi connectivity index (χ3n) is 3.86. The van der Waals surface area contributed by atoms with Gasteiger partial charge in [0.25, 0.3) is 0 Å². The molecular formula is C13H20O3. The summed E-state index contributed by atoms with van der Waals surface area (Å²) in [5.74, 6) is -0.264. The highest BCUT2D eigenvalue weighted by atomic mass is 16.7. The van der Waals surface area contributed by atoms with E-state index in [4.69, 9.17) is 14.2 Å². The minimum absolute atomic E-state index is 0.264. The Bertz CT molecular complexity index is 273. The van der Waals surface area contributed by atoms with E-state index in [9.17, 15) is 0 Å². The highest BCUT2D eigenvalue weighted by Crippen LogP contribution is 2.36. The quantitative estimate of drug-likeness (QED) is 0.674. The van der Waals surface area contributed by atoms with Crippen LogP contribution in [-0.2, 0) is 14.2 Å². The first-order valence-corrected chi connectivity index (χ1v) is 6.44. The van der Waals surface area contributed by atoms with Crippen molar-refractivity contribution in [1.29, 1.82) is 0 Å². The molecule has 0 N–H and O–H groups in total. The summed E-state index contributed by atoms with van der Waals surface area (Å²) in [4.78, 5) is 0. The fourth-order valence-electron chi connectivity index (χ4n) is 2.90. The van der Waals surface area contributed by atoms with Gasteiger partial charge < -0.3 is 14.2 Å². The maximum atomic E-state index is 5.70. The molecule has 2 heterocycles. The first-order valence-electron chi connectivity index (χ1n) is 6.44. The second-order valence-electron chi connectivity index (χ2n) is 5.01. The third kappa shape index (κ3) is 2.17. The molecule has 0 aromatic carbocycles. The average Bonchev–Trinajstić information content (AvgIpc) is 2.94. The summed E-state index contributed by atoms with van der Waals surface area (Å²) < 4.78 is 17.1. The topological polar surface area (TPSA) is 27.7 Å². The zero-order chi connectivity index (χ0) is 10.8. The van der Waals surface area contributed by atoms with E-state index >= 15 is 0 Å². The van der Waals surface area contributed by atoms with Crippen LogP contribution < -0.4 is 0 Å². The summed E-state index contributed by atoms with van der Waals surface area (Å²) in [7, 11) is 0. The van der Waals surface area contributed by atoms with Crippen molar-refractivity contribution in [2.75, 3.05) is 19.8 Å². The molecule has 2 aliphatic heterocycles. The molecule has 0 saturated carbocycles. The van der Waals surface area contributed by atoms with Crippen LogP contribution in [0.3, 0.4) is 0 Å². The number of ether oxygens (including phenoxy) is 3. The largest absolute Gasteiger partial charge is 0.378 e. The predicted molar refractivity (Wildman–Crippen MR) is 60.2 cm³/mol. The Morgan fingerprint density at radius 2 is 2.12 bits per heavy atom. The fourth-order valence-corrected chi connectivity index (χ4v) is 2.90. The molecule has 1 unspecified atom stereocenters. The van der Waals surface area contributed by atoms with Crippen LogP contribution >= 0.6 is 0 Å². The van der Waals surface area contributed by atoms with Gasteiger partial charge in [-0.15, -0.1) is 0 Å². The van der Waals surface area contributed by atoms with Gasteiger partial charge in [0.1, 0.15) is 0 Å². The smallest absolute Gasteiger partial charge is 0.172 e. The van der Waals surface area contributed by atoms with Gasteiger partial charge in [0, 0.05) is 19.4 Å². The lowest BCUT2D eigenvalue weighted by Crippen LogP contribution is -2.32. The minimum Gasteiger partial charge on any atom is -0.378 e. The number of hydrogen-bond acceptors (Lipinski definition) is 3. The van der Waals surface area contributed by atoms with Gasteiger partial charge in [0.15, 0.2) is 5.79 Å². The molecule has 2 saturated heterocycles. The van der Waals surface area contributed by atoms with Crippen LogP contribution in [0.2, 0.25) is 0 Å². The summed E-state index contributed by atoms with van der Waals surface area (Å²) in [5, 5.41) is 0. The van der Waals surface area contributed by atoms with Crippen LogP contribution in [0, 0.1) is 0 Å². The van der Waals surface area contributed by atoms with Gasteiger partial charge in [-0.1, -0.05) is 11.6 Å². The van der Waals surface area contributed by atoms with Gasteiger partial charge in [-0.25, -0.2) is 0 Å². The van der Waals surface area contributed by atoms with E-state index in [0.29, 0.717) is 6.10 Å². The van der Waals surface area contributed by atoms with E-state index in [0.717, 1.165) is 45.5 Å². The van der Waals surface area contributed by atoms with Gasteiger partial charge in [-0.2, -0.15) is 0 Å². The molecule has 0 radical (unpaired) electrons. The molecule has 3 nitrogen and oxygen atoms in total. The zero-order valence-electron chi connectivity index (χ0n) is 9.74. The Labute approximate surface area is 96.8 Å². The summed E-state index contributed by atoms with van der Waals surface area (Å²) in [5.41, 5.74) is 1.54. The molecular weight excluding hydrogens is 204 g/mol. The Hall–Kier alpha value is -0.380. The van der Waals surface area contributed by atoms with Gasteiger partial charge in [0.05, 0.1) is 19.3 Å². The lowest BCUT2D eigenvalue weighted by molar-refractivity contribution is -0.161. The Morgan fingerprint density at radius 3 is 2.75 bits per heavy atom. The first-order chi connectivity index (χ1) is 7.86. The molecule has 1 spiro atoms. The summed E-state index contributed by atoms with van der Waals surface area (Å²) in [6.45, 7) is 2.47. The van der Waals surface area contributed by atoms with E-state index < -0.39 is 0 Å². The Morgan fingerprint density at radius 1 is 1.25 bits per heavy atom. The van der Waals surface area contributed by atoms with E-state index in [2.05, 4.69) is 6.08 Å². The van der Waals surface area contributed by atoms with Crippen molar-refractivity contribution < 1.29 is 14.2 Å². The van der Waals surface area contributed by atoms with E-state index in [1.54, 1.807) is 0 Å². The second-order valence-corrected chi connectivity index (χ2v) is 5.01. The van der Waals surface area contributed by atoms with Crippen molar-refractivity contribution in [2.24, 2.45) is 0 Å². The van der Waals surface area contributed by atoms with Gasteiger partial charge >= 0.3 is 0 Å². The van der Waals surface area contributed by atoms with E-state index in [-0.39, 0.29) is 5.79 Å². The van der Waals surface area contributed by atoms with Crippen LogP contribution in [-0.4, -0.2) is 31.7 Å². The minimum atomic E-state index is -0.264. The molecule has 3 rings (SSSR count). The summed E-state index contributed by atoms with van der Waals surface area (Å²) >= 11 is 0. The van der Waals surface area contributed by atoms with Gasteiger partial charge in [-0.05, 0) is 25.7 Å². The van der Waals surface area contributed by atoms with Crippen LogP contribution in [0.5, 0.6) is 0 Å². The first kappa shape index (κ1) is 10.8. The molecule has 0 aromatic heterocycles. The van der Waals surface area contributed by atoms with Crippen molar-refractivity contribution >= 4 is 0 Å². The van der Waals surface area contributed by atoms with Crippen molar-refractivity contribution in [3.05, 3.63) is 11.6 Å². The van der Waals surface area contributed by atoms with Crippen LogP contribution in [0.15, 0.2) is 11.6 Å². The molecule has 3 heteroatoms. The molecule has 0 bridgehead atoms. The molecule has 90 valence electrons. The monoisotopic (exact) mass is 224 g/mol. The molecule has 16 heavy (non-hydrogen) atoms. The SMILES string of the molecule is C1=C(CC2CCCO2)CCC2(C1)OCCO2. The third-order valence-corrected chi connectivity index (χ3v) is 3.86. The van der Waals surface area contributed by atoms with Gasteiger partial charge in [-0.3, -0.25) is 0 Å². The van der Waals surface area contributed by atoms with Crippen LogP contribution in [0.25, 0.3) is 0 Å². The van der Waals surface area contributed by atoms with E-state index in [1.165, 1.54) is 18.4 Å². The predicted octanol–water partition coefficient (Wildman–Crippen LogP) is 2.41. The lowest BCUT2D eigenvalue weighted by atomic mass is 9.90. The van der Waals surface area contributed by atoms with Crippen molar-refractivity contribution in [3.8, 4) is 0 Å². The zero-order valence-corrected chi connectivity index (χ0v) is 9.74. The molecule has 1 aliphatic carbocycles. The number of rotatable bonds is 2. The van der Waals surface area contributed by atoms with E-state index in [1.807, 2.05) is 0 Å². The highest BCUT2D eigenvalue weighted by Gasteiger charge is 2.37. The van der Waals surface area contributed by atoms with Crippen LogP contribution in [0.4, 0.5) is 0 Å². The van der Waals surface area contributed by atoms with Gasteiger partial charge in [0.2, 0.25) is 0 Å². The van der Waals surface area contributed by atoms with Crippen LogP contribution in [0.1, 0.15) is 38.5 Å². The standard InChI is InChI=1S/C13H20O3/c1-2-12(14-7-1)10-11-3-5-13(6-4-11)15-8-9-16-13/h3,12H,1-2,4-10H2. The molecule has 3 aliphatic rings. The summed E-state index contributed by atoms with van der Waals surface area (Å²) in [6.07, 6.45) is 9.43. The Balaban J connectivity index is 1.56. The normalized spacial score (nSPS) is 33.2. The average molecular weight is 224 g/mol. The second kappa shape index (κ2) is 4.47.